The molecule has 0 heterocycles. The van der Waals surface area contributed by atoms with Crippen LogP contribution in [0.25, 0.3) is 0 Å². The normalized spacial score (nSPS) is 11.2. The second-order valence-electron chi connectivity index (χ2n) is 3.06. The third-order valence-electron chi connectivity index (χ3n) is 1.80. The molecule has 2 N–H and O–H groups in total. The maximum Gasteiger partial charge on any atom is 0.419 e. The summed E-state index contributed by atoms with van der Waals surface area (Å²) in [7, 11) is 0. The number of hydrogen-bond acceptors (Lipinski definition) is 2. The standard InChI is InChI=1S/C10H10F3NOS/c11-10(12,13)7-3-1-2-4-8(7)15-6-5-9(14)16/h1-4H,5-6H2,(H2,14,16). The van der Waals surface area contributed by atoms with Crippen molar-refractivity contribution in [2.45, 2.75) is 12.6 Å². The first-order chi connectivity index (χ1) is 7.41. The second-order valence-corrected chi connectivity index (χ2v) is 3.58. The fourth-order valence-corrected chi connectivity index (χ4v) is 1.17. The minimum absolute atomic E-state index is 0.0441. The van der Waals surface area contributed by atoms with Crippen molar-refractivity contribution in [3.8, 4) is 5.75 Å². The van der Waals surface area contributed by atoms with Gasteiger partial charge in [-0.15, -0.1) is 0 Å². The van der Waals surface area contributed by atoms with Crippen LogP contribution in [-0.4, -0.2) is 11.6 Å². The Bertz CT molecular complexity index is 379. The molecule has 0 radical (unpaired) electrons. The van der Waals surface area contributed by atoms with Crippen molar-refractivity contribution in [1.29, 1.82) is 0 Å². The Balaban J connectivity index is 2.76. The van der Waals surface area contributed by atoms with E-state index in [0.717, 1.165) is 6.07 Å². The van der Waals surface area contributed by atoms with Gasteiger partial charge in [0.2, 0.25) is 0 Å². The SMILES string of the molecule is NC(=S)CCOc1ccccc1C(F)(F)F. The third-order valence-corrected chi connectivity index (χ3v) is 2.00. The fourth-order valence-electron chi connectivity index (χ4n) is 1.09. The summed E-state index contributed by atoms with van der Waals surface area (Å²) in [5.74, 6) is -0.203. The van der Waals surface area contributed by atoms with E-state index in [1.54, 1.807) is 0 Å². The van der Waals surface area contributed by atoms with Crippen molar-refractivity contribution in [2.75, 3.05) is 6.61 Å². The van der Waals surface area contributed by atoms with Crippen LogP contribution in [0, 0.1) is 0 Å². The lowest BCUT2D eigenvalue weighted by Gasteiger charge is -2.13. The van der Waals surface area contributed by atoms with Crippen LogP contribution in [0.1, 0.15) is 12.0 Å². The first-order valence-corrected chi connectivity index (χ1v) is 4.89. The molecule has 1 aromatic carbocycles. The van der Waals surface area contributed by atoms with Crippen LogP contribution in [0.4, 0.5) is 13.2 Å². The summed E-state index contributed by atoms with van der Waals surface area (Å²) in [6.45, 7) is 0.0441. The summed E-state index contributed by atoms with van der Waals surface area (Å²) in [4.78, 5) is 0.212. The number of ether oxygens (including phenoxy) is 1. The van der Waals surface area contributed by atoms with E-state index in [-0.39, 0.29) is 23.8 Å². The molecule has 0 bridgehead atoms. The predicted octanol–water partition coefficient (Wildman–Crippen LogP) is 2.76. The van der Waals surface area contributed by atoms with Gasteiger partial charge in [-0.05, 0) is 12.1 Å². The largest absolute Gasteiger partial charge is 0.493 e. The molecule has 0 saturated heterocycles. The number of rotatable bonds is 4. The molecule has 0 aromatic heterocycles. The zero-order valence-corrected chi connectivity index (χ0v) is 9.07. The van der Waals surface area contributed by atoms with Crippen LogP contribution in [-0.2, 0) is 6.18 Å². The average molecular weight is 249 g/mol. The highest BCUT2D eigenvalue weighted by Gasteiger charge is 2.33. The Morgan fingerprint density at radius 2 is 1.94 bits per heavy atom. The van der Waals surface area contributed by atoms with Crippen LogP contribution < -0.4 is 10.5 Å². The van der Waals surface area contributed by atoms with Gasteiger partial charge in [-0.2, -0.15) is 13.2 Å². The van der Waals surface area contributed by atoms with E-state index in [1.807, 2.05) is 0 Å². The van der Waals surface area contributed by atoms with Crippen molar-refractivity contribution < 1.29 is 17.9 Å². The van der Waals surface area contributed by atoms with Crippen molar-refractivity contribution in [3.05, 3.63) is 29.8 Å². The number of benzene rings is 1. The van der Waals surface area contributed by atoms with Crippen LogP contribution >= 0.6 is 12.2 Å². The van der Waals surface area contributed by atoms with Crippen molar-refractivity contribution in [2.24, 2.45) is 5.73 Å². The molecule has 1 rings (SSSR count). The van der Waals surface area contributed by atoms with Gasteiger partial charge in [-0.3, -0.25) is 0 Å². The predicted molar refractivity (Wildman–Crippen MR) is 58.3 cm³/mol. The third kappa shape index (κ3) is 3.69. The summed E-state index contributed by atoms with van der Waals surface area (Å²) < 4.78 is 42.5. The summed E-state index contributed by atoms with van der Waals surface area (Å²) in [6, 6.07) is 5.02. The minimum atomic E-state index is -4.42. The fraction of sp³-hybridized carbons (Fsp3) is 0.300. The van der Waals surface area contributed by atoms with Crippen LogP contribution in [0.15, 0.2) is 24.3 Å². The van der Waals surface area contributed by atoms with Gasteiger partial charge in [0, 0.05) is 6.42 Å². The molecule has 0 fully saturated rings. The van der Waals surface area contributed by atoms with Gasteiger partial charge in [0.1, 0.15) is 5.75 Å². The van der Waals surface area contributed by atoms with Crippen molar-refractivity contribution in [3.63, 3.8) is 0 Å². The molecule has 0 atom stereocenters. The number of nitrogens with two attached hydrogens (primary N) is 1. The molecule has 16 heavy (non-hydrogen) atoms. The van der Waals surface area contributed by atoms with Gasteiger partial charge in [0.05, 0.1) is 17.2 Å². The maximum atomic E-state index is 12.5. The molecule has 0 aliphatic rings. The average Bonchev–Trinajstić information content (AvgIpc) is 2.16. The van der Waals surface area contributed by atoms with Crippen molar-refractivity contribution >= 4 is 17.2 Å². The van der Waals surface area contributed by atoms with Crippen LogP contribution in [0.2, 0.25) is 0 Å². The summed E-state index contributed by atoms with van der Waals surface area (Å²) in [6.07, 6.45) is -4.17. The van der Waals surface area contributed by atoms with Crippen LogP contribution in [0.3, 0.4) is 0 Å². The molecule has 0 amide bonds. The lowest BCUT2D eigenvalue weighted by molar-refractivity contribution is -0.138. The Kier molecular flexibility index (Phi) is 4.12. The van der Waals surface area contributed by atoms with E-state index in [9.17, 15) is 13.2 Å². The molecule has 0 aliphatic carbocycles. The Labute approximate surface area is 96.2 Å². The second kappa shape index (κ2) is 5.16. The van der Waals surface area contributed by atoms with Crippen LogP contribution in [0.5, 0.6) is 5.75 Å². The Morgan fingerprint density at radius 3 is 2.50 bits per heavy atom. The first kappa shape index (κ1) is 12.8. The molecule has 88 valence electrons. The zero-order valence-electron chi connectivity index (χ0n) is 8.25. The summed E-state index contributed by atoms with van der Waals surface area (Å²) in [5.41, 5.74) is 4.42. The topological polar surface area (TPSA) is 35.2 Å². The van der Waals surface area contributed by atoms with Crippen molar-refractivity contribution in [1.82, 2.24) is 0 Å². The van der Waals surface area contributed by atoms with Gasteiger partial charge < -0.3 is 10.5 Å². The number of alkyl halides is 3. The minimum Gasteiger partial charge on any atom is -0.493 e. The molecule has 1 aromatic rings. The van der Waals surface area contributed by atoms with Gasteiger partial charge >= 0.3 is 6.18 Å². The number of para-hydroxylation sites is 1. The van der Waals surface area contributed by atoms with E-state index >= 15 is 0 Å². The first-order valence-electron chi connectivity index (χ1n) is 4.48. The number of thiocarbonyl (C=S) groups is 1. The molecule has 0 spiro atoms. The zero-order chi connectivity index (χ0) is 12.2. The lowest BCUT2D eigenvalue weighted by Crippen LogP contribution is -2.14. The molecule has 2 nitrogen and oxygen atoms in total. The number of hydrogen-bond donors (Lipinski definition) is 1. The van der Waals surface area contributed by atoms with Gasteiger partial charge in [-0.1, -0.05) is 24.4 Å². The van der Waals surface area contributed by atoms with Gasteiger partial charge in [0.15, 0.2) is 0 Å². The van der Waals surface area contributed by atoms with Gasteiger partial charge in [0.25, 0.3) is 0 Å². The van der Waals surface area contributed by atoms with E-state index in [2.05, 4.69) is 12.2 Å². The van der Waals surface area contributed by atoms with Gasteiger partial charge in [-0.25, -0.2) is 0 Å². The molecule has 0 saturated carbocycles. The monoisotopic (exact) mass is 249 g/mol. The number of halogens is 3. The van der Waals surface area contributed by atoms with E-state index in [0.29, 0.717) is 0 Å². The molecule has 0 unspecified atom stereocenters. The molecule has 0 aliphatic heterocycles. The highest BCUT2D eigenvalue weighted by atomic mass is 32.1. The summed E-state index contributed by atoms with van der Waals surface area (Å²) in [5, 5.41) is 0. The lowest BCUT2D eigenvalue weighted by atomic mass is 10.2. The molecular weight excluding hydrogens is 239 g/mol. The smallest absolute Gasteiger partial charge is 0.419 e. The Morgan fingerprint density at radius 1 is 1.31 bits per heavy atom. The molecule has 6 heteroatoms. The highest BCUT2D eigenvalue weighted by molar-refractivity contribution is 7.80. The highest BCUT2D eigenvalue weighted by Crippen LogP contribution is 2.35. The van der Waals surface area contributed by atoms with E-state index < -0.39 is 11.7 Å². The summed E-state index contributed by atoms with van der Waals surface area (Å²) >= 11 is 4.59. The van der Waals surface area contributed by atoms with E-state index in [4.69, 9.17) is 10.5 Å². The van der Waals surface area contributed by atoms with E-state index in [1.165, 1.54) is 18.2 Å². The molecular formula is C10H10F3NOS. The quantitative estimate of drug-likeness (QED) is 0.833. The maximum absolute atomic E-state index is 12.5. The Hall–Kier alpha value is -1.30.